The van der Waals surface area contributed by atoms with Crippen LogP contribution in [0.1, 0.15) is 15.9 Å². The van der Waals surface area contributed by atoms with Gasteiger partial charge in [0.15, 0.2) is 5.13 Å². The number of rotatable bonds is 4. The van der Waals surface area contributed by atoms with Crippen LogP contribution >= 0.6 is 11.3 Å². The summed E-state index contributed by atoms with van der Waals surface area (Å²) in [4.78, 5) is 27.3. The fourth-order valence-electron chi connectivity index (χ4n) is 2.06. The summed E-state index contributed by atoms with van der Waals surface area (Å²) in [7, 11) is 0. The molecule has 0 atom stereocenters. The summed E-state index contributed by atoms with van der Waals surface area (Å²) < 4.78 is 13.6. The largest absolute Gasteiger partial charge is 0.366 e. The van der Waals surface area contributed by atoms with Crippen LogP contribution in [0.2, 0.25) is 0 Å². The van der Waals surface area contributed by atoms with E-state index < -0.39 is 11.9 Å². The maximum Gasteiger partial charge on any atom is 0.321 e. The summed E-state index contributed by atoms with van der Waals surface area (Å²) in [5, 5.41) is 5.70. The molecule has 4 N–H and O–H groups in total. The van der Waals surface area contributed by atoms with Crippen molar-refractivity contribution in [3.8, 4) is 0 Å². The van der Waals surface area contributed by atoms with Crippen LogP contribution in [0.4, 0.5) is 14.3 Å². The van der Waals surface area contributed by atoms with Gasteiger partial charge in [-0.1, -0.05) is 23.5 Å². The average Bonchev–Trinajstić information content (AvgIpc) is 2.95. The van der Waals surface area contributed by atoms with Crippen molar-refractivity contribution in [2.75, 3.05) is 5.32 Å². The van der Waals surface area contributed by atoms with E-state index in [0.29, 0.717) is 16.2 Å². The SMILES string of the molecule is NC(=O)c1ccc2nc(NC(=O)NCc3ccc(F)cc3)sc2c1. The molecule has 0 aliphatic rings. The van der Waals surface area contributed by atoms with Gasteiger partial charge in [0, 0.05) is 12.1 Å². The molecule has 122 valence electrons. The van der Waals surface area contributed by atoms with Crippen molar-refractivity contribution in [1.29, 1.82) is 0 Å². The number of halogens is 1. The highest BCUT2D eigenvalue weighted by atomic mass is 32.1. The molecule has 6 nitrogen and oxygen atoms in total. The Balaban J connectivity index is 1.64. The minimum atomic E-state index is -0.517. The summed E-state index contributed by atoms with van der Waals surface area (Å²) in [6, 6.07) is 10.3. The number of nitrogens with one attached hydrogen (secondary N) is 2. The first-order valence-corrected chi connectivity index (χ1v) is 7.82. The van der Waals surface area contributed by atoms with E-state index in [4.69, 9.17) is 5.73 Å². The van der Waals surface area contributed by atoms with E-state index in [1.807, 2.05) is 0 Å². The molecule has 3 rings (SSSR count). The minimum Gasteiger partial charge on any atom is -0.366 e. The van der Waals surface area contributed by atoms with Crippen LogP contribution in [-0.4, -0.2) is 16.9 Å². The van der Waals surface area contributed by atoms with Crippen LogP contribution in [0.25, 0.3) is 10.2 Å². The molecule has 3 amide bonds. The van der Waals surface area contributed by atoms with Crippen LogP contribution < -0.4 is 16.4 Å². The van der Waals surface area contributed by atoms with Crippen LogP contribution in [0.15, 0.2) is 42.5 Å². The number of nitrogens with zero attached hydrogens (tertiary/aromatic N) is 1. The average molecular weight is 344 g/mol. The fourth-order valence-corrected chi connectivity index (χ4v) is 2.96. The fraction of sp³-hybridized carbons (Fsp3) is 0.0625. The monoisotopic (exact) mass is 344 g/mol. The third-order valence-corrected chi connectivity index (χ3v) is 4.19. The highest BCUT2D eigenvalue weighted by Gasteiger charge is 2.09. The Labute approximate surface area is 140 Å². The van der Waals surface area contributed by atoms with Gasteiger partial charge in [0.2, 0.25) is 5.91 Å². The number of amides is 3. The molecular formula is C16H13FN4O2S. The van der Waals surface area contributed by atoms with E-state index in [9.17, 15) is 14.0 Å². The number of anilines is 1. The maximum absolute atomic E-state index is 12.8. The molecular weight excluding hydrogens is 331 g/mol. The van der Waals surface area contributed by atoms with E-state index >= 15 is 0 Å². The quantitative estimate of drug-likeness (QED) is 0.679. The Morgan fingerprint density at radius 1 is 1.17 bits per heavy atom. The highest BCUT2D eigenvalue weighted by molar-refractivity contribution is 7.22. The molecule has 0 radical (unpaired) electrons. The Kier molecular flexibility index (Phi) is 4.39. The molecule has 0 spiro atoms. The number of thiazole rings is 1. The van der Waals surface area contributed by atoms with Crippen molar-refractivity contribution in [1.82, 2.24) is 10.3 Å². The number of fused-ring (bicyclic) bond motifs is 1. The summed E-state index contributed by atoms with van der Waals surface area (Å²) in [6.45, 7) is 0.267. The lowest BCUT2D eigenvalue weighted by Crippen LogP contribution is -2.28. The molecule has 0 fully saturated rings. The molecule has 0 aliphatic carbocycles. The second-order valence-electron chi connectivity index (χ2n) is 5.00. The van der Waals surface area contributed by atoms with Gasteiger partial charge in [-0.2, -0.15) is 0 Å². The second-order valence-corrected chi connectivity index (χ2v) is 6.03. The first kappa shape index (κ1) is 15.9. The number of carbonyl (C=O) groups excluding carboxylic acids is 2. The van der Waals surface area contributed by atoms with Crippen molar-refractivity contribution < 1.29 is 14.0 Å². The highest BCUT2D eigenvalue weighted by Crippen LogP contribution is 2.26. The molecule has 1 heterocycles. The predicted octanol–water partition coefficient (Wildman–Crippen LogP) is 2.86. The molecule has 0 unspecified atom stereocenters. The Hall–Kier alpha value is -3.00. The first-order chi connectivity index (χ1) is 11.5. The lowest BCUT2D eigenvalue weighted by Gasteiger charge is -2.05. The Morgan fingerprint density at radius 3 is 2.62 bits per heavy atom. The zero-order chi connectivity index (χ0) is 17.1. The molecule has 8 heteroatoms. The van der Waals surface area contributed by atoms with Crippen molar-refractivity contribution in [3.05, 3.63) is 59.4 Å². The number of aromatic nitrogens is 1. The van der Waals surface area contributed by atoms with Crippen LogP contribution in [-0.2, 0) is 6.54 Å². The normalized spacial score (nSPS) is 10.5. The standard InChI is InChI=1S/C16H13FN4O2S/c17-11-4-1-9(2-5-11)8-19-15(23)21-16-20-12-6-3-10(14(18)22)7-13(12)24-16/h1-7H,8H2,(H2,18,22)(H2,19,20,21,23). The van der Waals surface area contributed by atoms with E-state index in [0.717, 1.165) is 10.3 Å². The zero-order valence-corrected chi connectivity index (χ0v) is 13.2. The van der Waals surface area contributed by atoms with Gasteiger partial charge >= 0.3 is 6.03 Å². The van der Waals surface area contributed by atoms with Gasteiger partial charge in [-0.25, -0.2) is 14.2 Å². The van der Waals surface area contributed by atoms with Gasteiger partial charge in [0.25, 0.3) is 0 Å². The number of carbonyl (C=O) groups is 2. The molecule has 0 saturated carbocycles. The molecule has 0 aliphatic heterocycles. The summed E-state index contributed by atoms with van der Waals surface area (Å²) in [5.74, 6) is -0.843. The number of primary amides is 1. The van der Waals surface area contributed by atoms with E-state index in [1.165, 1.54) is 23.5 Å². The summed E-state index contributed by atoms with van der Waals surface area (Å²) in [5.41, 5.74) is 7.07. The number of urea groups is 1. The predicted molar refractivity (Wildman–Crippen MR) is 90.4 cm³/mol. The minimum absolute atomic E-state index is 0.267. The maximum atomic E-state index is 12.8. The van der Waals surface area contributed by atoms with E-state index in [-0.39, 0.29) is 12.4 Å². The van der Waals surface area contributed by atoms with Crippen LogP contribution in [0.3, 0.4) is 0 Å². The smallest absolute Gasteiger partial charge is 0.321 e. The van der Waals surface area contributed by atoms with Gasteiger partial charge in [0.1, 0.15) is 5.82 Å². The van der Waals surface area contributed by atoms with Crippen molar-refractivity contribution >= 4 is 38.6 Å². The van der Waals surface area contributed by atoms with Gasteiger partial charge in [-0.3, -0.25) is 10.1 Å². The molecule has 1 aromatic heterocycles. The van der Waals surface area contributed by atoms with Gasteiger partial charge in [-0.05, 0) is 35.9 Å². The van der Waals surface area contributed by atoms with Crippen molar-refractivity contribution in [2.45, 2.75) is 6.54 Å². The second kappa shape index (κ2) is 6.63. The molecule has 0 bridgehead atoms. The van der Waals surface area contributed by atoms with Gasteiger partial charge < -0.3 is 11.1 Å². The number of nitrogens with two attached hydrogens (primary N) is 1. The number of hydrogen-bond donors (Lipinski definition) is 3. The third kappa shape index (κ3) is 3.66. The van der Waals surface area contributed by atoms with Crippen LogP contribution in [0.5, 0.6) is 0 Å². The zero-order valence-electron chi connectivity index (χ0n) is 12.4. The molecule has 24 heavy (non-hydrogen) atoms. The van der Waals surface area contributed by atoms with E-state index in [2.05, 4.69) is 15.6 Å². The summed E-state index contributed by atoms with van der Waals surface area (Å²) in [6.07, 6.45) is 0. The Morgan fingerprint density at radius 2 is 1.92 bits per heavy atom. The first-order valence-electron chi connectivity index (χ1n) is 7.01. The van der Waals surface area contributed by atoms with Crippen LogP contribution in [0, 0.1) is 5.82 Å². The number of benzene rings is 2. The Bertz CT molecular complexity index is 908. The van der Waals surface area contributed by atoms with Gasteiger partial charge in [-0.15, -0.1) is 0 Å². The molecule has 3 aromatic rings. The lowest BCUT2D eigenvalue weighted by molar-refractivity contribution is 0.100. The van der Waals surface area contributed by atoms with Crippen molar-refractivity contribution in [3.63, 3.8) is 0 Å². The lowest BCUT2D eigenvalue weighted by atomic mass is 10.2. The third-order valence-electron chi connectivity index (χ3n) is 3.26. The summed E-state index contributed by atoms with van der Waals surface area (Å²) >= 11 is 1.24. The van der Waals surface area contributed by atoms with E-state index in [1.54, 1.807) is 30.3 Å². The number of hydrogen-bond acceptors (Lipinski definition) is 4. The van der Waals surface area contributed by atoms with Gasteiger partial charge in [0.05, 0.1) is 10.2 Å². The molecule has 0 saturated heterocycles. The molecule has 2 aromatic carbocycles. The topological polar surface area (TPSA) is 97.1 Å². The van der Waals surface area contributed by atoms with Crippen molar-refractivity contribution in [2.24, 2.45) is 5.73 Å².